The Balaban J connectivity index is 0. The molecule has 4 nitrogen and oxygen atoms in total. The van der Waals surface area contributed by atoms with Gasteiger partial charge < -0.3 is 10.1 Å². The van der Waals surface area contributed by atoms with E-state index in [2.05, 4.69) is 31.4 Å². The van der Waals surface area contributed by atoms with Crippen LogP contribution in [0, 0.1) is 0 Å². The van der Waals surface area contributed by atoms with E-state index < -0.39 is 9.23 Å². The van der Waals surface area contributed by atoms with Crippen LogP contribution in [0.5, 0.6) is 0 Å². The van der Waals surface area contributed by atoms with Crippen LogP contribution in [-0.2, 0) is 18.8 Å². The van der Waals surface area contributed by atoms with E-state index in [9.17, 15) is 4.79 Å². The molecule has 0 bridgehead atoms. The third kappa shape index (κ3) is 14.4. The molecular formula is C9H18Cl3NO3S. The van der Waals surface area contributed by atoms with Gasteiger partial charge in [0.05, 0.1) is 13.7 Å². The Hall–Kier alpha value is 0.450. The number of halogens is 3. The summed E-state index contributed by atoms with van der Waals surface area (Å²) in [5.74, 6) is -0.166. The van der Waals surface area contributed by atoms with Crippen molar-refractivity contribution in [1.82, 2.24) is 5.32 Å². The van der Waals surface area contributed by atoms with Crippen LogP contribution in [0.3, 0.4) is 0 Å². The Kier molecular flexibility index (Phi) is 15.0. The molecule has 0 heterocycles. The Labute approximate surface area is 120 Å². The highest BCUT2D eigenvalue weighted by molar-refractivity contribution is 8.26. The molecule has 104 valence electrons. The Morgan fingerprint density at radius 3 is 2.24 bits per heavy atom. The van der Waals surface area contributed by atoms with Gasteiger partial charge in [-0.3, -0.25) is 4.79 Å². The van der Waals surface area contributed by atoms with Crippen LogP contribution in [0.1, 0.15) is 32.1 Å². The zero-order chi connectivity index (χ0) is 12.4. The van der Waals surface area contributed by atoms with Crippen molar-refractivity contribution in [1.29, 1.82) is 0 Å². The summed E-state index contributed by atoms with van der Waals surface area (Å²) in [4.78, 5) is 10.8. The first-order valence-electron chi connectivity index (χ1n) is 5.10. The molecule has 1 aliphatic carbocycles. The number of ether oxygens (including phenoxy) is 1. The van der Waals surface area contributed by atoms with Crippen molar-refractivity contribution in [3.8, 4) is 0 Å². The lowest BCUT2D eigenvalue weighted by Gasteiger charge is -2.21. The number of carbonyl (C=O) groups is 1. The number of nitrogens with one attached hydrogen (secondary N) is 1. The summed E-state index contributed by atoms with van der Waals surface area (Å²) in [7, 11) is 8.78. The lowest BCUT2D eigenvalue weighted by Crippen LogP contribution is -2.35. The molecule has 0 aromatic carbocycles. The predicted molar refractivity (Wildman–Crippen MR) is 74.0 cm³/mol. The summed E-state index contributed by atoms with van der Waals surface area (Å²) in [5.41, 5.74) is 0. The highest BCUT2D eigenvalue weighted by atomic mass is 36.0. The Morgan fingerprint density at radius 1 is 1.35 bits per heavy atom. The summed E-state index contributed by atoms with van der Waals surface area (Å²) in [6, 6.07) is 0.540. The van der Waals surface area contributed by atoms with Gasteiger partial charge in [-0.25, -0.2) is 4.21 Å². The molecule has 0 saturated heterocycles. The highest BCUT2D eigenvalue weighted by Gasteiger charge is 2.13. The van der Waals surface area contributed by atoms with Gasteiger partial charge in [-0.05, 0) is 12.8 Å². The predicted octanol–water partition coefficient (Wildman–Crippen LogP) is 2.55. The second-order valence-corrected chi connectivity index (χ2v) is 6.00. The molecule has 1 saturated carbocycles. The third-order valence-corrected chi connectivity index (χ3v) is 2.37. The van der Waals surface area contributed by atoms with Crippen LogP contribution < -0.4 is 5.32 Å². The minimum atomic E-state index is -1.67. The van der Waals surface area contributed by atoms with E-state index in [1.807, 2.05) is 0 Å². The van der Waals surface area contributed by atoms with Crippen LogP contribution in [0.15, 0.2) is 0 Å². The van der Waals surface area contributed by atoms with Crippen LogP contribution >= 0.6 is 33.8 Å². The van der Waals surface area contributed by atoms with Crippen molar-refractivity contribution in [2.24, 2.45) is 0 Å². The monoisotopic (exact) mass is 325 g/mol. The topological polar surface area (TPSA) is 55.4 Å². The summed E-state index contributed by atoms with van der Waals surface area (Å²) < 4.78 is 13.6. The second kappa shape index (κ2) is 12.9. The molecule has 0 atom stereocenters. The number of esters is 1. The molecule has 0 spiro atoms. The molecule has 0 aromatic heterocycles. The first kappa shape index (κ1) is 19.8. The number of hydrogen-bond acceptors (Lipinski definition) is 4. The van der Waals surface area contributed by atoms with E-state index in [0.29, 0.717) is 12.6 Å². The third-order valence-electron chi connectivity index (χ3n) is 2.37. The lowest BCUT2D eigenvalue weighted by atomic mass is 9.96. The number of methoxy groups -OCH3 is 1. The van der Waals surface area contributed by atoms with E-state index in [-0.39, 0.29) is 18.4 Å². The van der Waals surface area contributed by atoms with Gasteiger partial charge in [-0.2, -0.15) is 0 Å². The fraction of sp³-hybridized carbons (Fsp3) is 0.889. The molecule has 1 rings (SSSR count). The second-order valence-electron chi connectivity index (χ2n) is 3.48. The van der Waals surface area contributed by atoms with Gasteiger partial charge in [0.1, 0.15) is 0 Å². The Bertz CT molecular complexity index is 222. The maximum atomic E-state index is 10.8. The largest absolute Gasteiger partial charge is 0.468 e. The molecule has 1 aliphatic rings. The van der Waals surface area contributed by atoms with Crippen LogP contribution in [0.2, 0.25) is 0 Å². The van der Waals surface area contributed by atoms with Crippen molar-refractivity contribution in [3.05, 3.63) is 0 Å². The minimum absolute atomic E-state index is 0. The molecule has 8 heteroatoms. The van der Waals surface area contributed by atoms with Crippen molar-refractivity contribution >= 4 is 49.0 Å². The van der Waals surface area contributed by atoms with Crippen molar-refractivity contribution in [2.45, 2.75) is 38.1 Å². The van der Waals surface area contributed by atoms with E-state index in [1.165, 1.54) is 39.2 Å². The van der Waals surface area contributed by atoms with Gasteiger partial charge in [-0.15, -0.1) is 12.4 Å². The maximum absolute atomic E-state index is 10.8. The molecule has 0 aliphatic heterocycles. The fourth-order valence-corrected chi connectivity index (χ4v) is 1.61. The molecule has 0 unspecified atom stereocenters. The number of carbonyl (C=O) groups excluding carboxylic acids is 1. The first-order chi connectivity index (χ1) is 7.56. The number of hydrogen-bond donors (Lipinski definition) is 1. The van der Waals surface area contributed by atoms with E-state index in [1.54, 1.807) is 0 Å². The van der Waals surface area contributed by atoms with E-state index >= 15 is 0 Å². The van der Waals surface area contributed by atoms with Crippen LogP contribution in [0.25, 0.3) is 0 Å². The van der Waals surface area contributed by atoms with Crippen LogP contribution in [0.4, 0.5) is 0 Å². The minimum Gasteiger partial charge on any atom is -0.468 e. The van der Waals surface area contributed by atoms with Gasteiger partial charge in [0, 0.05) is 27.4 Å². The number of rotatable bonds is 3. The van der Waals surface area contributed by atoms with Gasteiger partial charge in [0.25, 0.3) is 0 Å². The maximum Gasteiger partial charge on any atom is 0.319 e. The molecule has 1 fully saturated rings. The molecular weight excluding hydrogens is 309 g/mol. The summed E-state index contributed by atoms with van der Waals surface area (Å²) >= 11 is 0. The average Bonchev–Trinajstić information content (AvgIpc) is 2.26. The van der Waals surface area contributed by atoms with Gasteiger partial charge in [0.15, 0.2) is 0 Å². The fourth-order valence-electron chi connectivity index (χ4n) is 1.61. The van der Waals surface area contributed by atoms with E-state index in [0.717, 1.165) is 0 Å². The molecule has 1 N–H and O–H groups in total. The summed E-state index contributed by atoms with van der Waals surface area (Å²) in [5, 5.41) is 3.20. The normalized spacial score (nSPS) is 15.5. The molecule has 0 aromatic rings. The zero-order valence-corrected chi connectivity index (χ0v) is 12.8. The first-order valence-corrected chi connectivity index (χ1v) is 7.91. The molecule has 0 amide bonds. The van der Waals surface area contributed by atoms with Crippen molar-refractivity contribution in [3.63, 3.8) is 0 Å². The quantitative estimate of drug-likeness (QED) is 0.639. The zero-order valence-electron chi connectivity index (χ0n) is 9.62. The standard InChI is InChI=1S/C9H17NO2.Cl2OS.ClH/c1-12-9(11)7-10-8-5-3-2-4-6-8;1-4(2)3;/h8,10H,2-7H2,1H3;;1H. The highest BCUT2D eigenvalue weighted by Crippen LogP contribution is 2.16. The summed E-state index contributed by atoms with van der Waals surface area (Å²) in [6.45, 7) is 0.362. The van der Waals surface area contributed by atoms with Gasteiger partial charge in [0.2, 0.25) is 9.23 Å². The Morgan fingerprint density at radius 2 is 1.82 bits per heavy atom. The molecule has 0 radical (unpaired) electrons. The smallest absolute Gasteiger partial charge is 0.319 e. The van der Waals surface area contributed by atoms with Crippen LogP contribution in [-0.4, -0.2) is 29.9 Å². The SMILES string of the molecule is COC(=O)CNC1CCCCC1.Cl.O=S(Cl)Cl. The lowest BCUT2D eigenvalue weighted by molar-refractivity contribution is -0.139. The average molecular weight is 327 g/mol. The van der Waals surface area contributed by atoms with Gasteiger partial charge in [-0.1, -0.05) is 19.3 Å². The molecule has 17 heavy (non-hydrogen) atoms. The van der Waals surface area contributed by atoms with Gasteiger partial charge >= 0.3 is 5.97 Å². The summed E-state index contributed by atoms with van der Waals surface area (Å²) in [6.07, 6.45) is 6.34. The van der Waals surface area contributed by atoms with E-state index in [4.69, 9.17) is 4.21 Å². The van der Waals surface area contributed by atoms with Crippen molar-refractivity contribution < 1.29 is 13.7 Å². The van der Waals surface area contributed by atoms with Crippen molar-refractivity contribution in [2.75, 3.05) is 13.7 Å².